The minimum Gasteiger partial charge on any atom is -0.612 e. The summed E-state index contributed by atoms with van der Waals surface area (Å²) in [5.41, 5.74) is 5.93. The number of aliphatic carboxylic acids is 1. The number of allylic oxidation sites excluding steroid dienone is 2. The fourth-order valence-corrected chi connectivity index (χ4v) is 3.88. The Bertz CT molecular complexity index is 1000. The average Bonchev–Trinajstić information content (AvgIpc) is 2.86. The second-order valence-corrected chi connectivity index (χ2v) is 8.08. The zero-order valence-electron chi connectivity index (χ0n) is 15.9. The number of carbonyl (C=O) groups is 2. The van der Waals surface area contributed by atoms with Crippen LogP contribution in [-0.2, 0) is 20.8 Å². The molecule has 0 aromatic heterocycles. The number of carboxylic acids is 1. The summed E-state index contributed by atoms with van der Waals surface area (Å²) < 4.78 is 11.6. The molecular weight excluding hydrogens is 374 g/mol. The first-order valence-corrected chi connectivity index (χ1v) is 10.3. The van der Waals surface area contributed by atoms with Crippen molar-refractivity contribution in [3.8, 4) is 0 Å². The Morgan fingerprint density at radius 3 is 2.39 bits per heavy atom. The minimum absolute atomic E-state index is 0.0898. The van der Waals surface area contributed by atoms with Gasteiger partial charge in [0.1, 0.15) is 6.26 Å². The Kier molecular flexibility index (Phi) is 5.72. The van der Waals surface area contributed by atoms with E-state index in [-0.39, 0.29) is 12.3 Å². The van der Waals surface area contributed by atoms with E-state index in [1.807, 2.05) is 55.5 Å². The minimum atomic E-state index is -1.03. The van der Waals surface area contributed by atoms with Gasteiger partial charge in [-0.1, -0.05) is 6.07 Å². The van der Waals surface area contributed by atoms with Crippen LogP contribution in [0.5, 0.6) is 0 Å². The van der Waals surface area contributed by atoms with Gasteiger partial charge in [-0.05, 0) is 94.0 Å². The van der Waals surface area contributed by atoms with Gasteiger partial charge in [0.2, 0.25) is 5.91 Å². The maximum Gasteiger partial charge on any atom is 0.307 e. The summed E-state index contributed by atoms with van der Waals surface area (Å²) in [6.07, 6.45) is 3.55. The number of hydrogen-bond acceptors (Lipinski definition) is 3. The van der Waals surface area contributed by atoms with Crippen molar-refractivity contribution in [2.24, 2.45) is 0 Å². The van der Waals surface area contributed by atoms with Crippen molar-refractivity contribution in [3.63, 3.8) is 0 Å². The standard InChI is InChI=1S/C22H21NO4S/c1-13-19(10-15-4-7-17(8-5-15)28(3)27)18-9-6-16(23-14(2)24)11-21(18)20(13)12-22(25)26/h4-11H,12H2,1-3H3,(H,23,24)(H,25,26). The first-order valence-electron chi connectivity index (χ1n) is 8.75. The summed E-state index contributed by atoms with van der Waals surface area (Å²) in [6.45, 7) is 3.35. The summed E-state index contributed by atoms with van der Waals surface area (Å²) in [7, 11) is 0. The van der Waals surface area contributed by atoms with E-state index in [0.29, 0.717) is 5.69 Å². The number of amides is 1. The molecule has 3 rings (SSSR count). The molecule has 2 aromatic carbocycles. The lowest BCUT2D eigenvalue weighted by atomic mass is 10.00. The van der Waals surface area contributed by atoms with E-state index in [4.69, 9.17) is 0 Å². The Hall–Kier alpha value is -2.83. The third-order valence-electron chi connectivity index (χ3n) is 4.66. The first kappa shape index (κ1) is 19.9. The molecule has 1 aliphatic carbocycles. The molecule has 0 heterocycles. The second kappa shape index (κ2) is 8.04. The van der Waals surface area contributed by atoms with Crippen molar-refractivity contribution in [1.29, 1.82) is 0 Å². The predicted molar refractivity (Wildman–Crippen MR) is 112 cm³/mol. The summed E-state index contributed by atoms with van der Waals surface area (Å²) >= 11 is -1.03. The molecule has 0 bridgehead atoms. The van der Waals surface area contributed by atoms with Crippen molar-refractivity contribution < 1.29 is 19.2 Å². The second-order valence-electron chi connectivity index (χ2n) is 6.70. The molecule has 1 aliphatic rings. The number of benzene rings is 2. The van der Waals surface area contributed by atoms with Crippen LogP contribution >= 0.6 is 0 Å². The van der Waals surface area contributed by atoms with E-state index in [9.17, 15) is 19.2 Å². The molecule has 0 aliphatic heterocycles. The molecule has 0 spiro atoms. The molecule has 1 unspecified atom stereocenters. The Balaban J connectivity index is 2.08. The van der Waals surface area contributed by atoms with Crippen molar-refractivity contribution in [2.75, 3.05) is 11.6 Å². The number of fused-ring (bicyclic) bond motifs is 1. The van der Waals surface area contributed by atoms with Crippen LogP contribution < -0.4 is 5.32 Å². The van der Waals surface area contributed by atoms with Crippen LogP contribution in [0.1, 0.15) is 37.0 Å². The average molecular weight is 395 g/mol. The number of carbonyl (C=O) groups excluding carboxylic acids is 1. The van der Waals surface area contributed by atoms with Crippen LogP contribution in [0.15, 0.2) is 52.9 Å². The molecule has 2 aromatic rings. The normalized spacial score (nSPS) is 15.5. The molecule has 1 atom stereocenters. The maximum absolute atomic E-state index is 11.6. The van der Waals surface area contributed by atoms with E-state index in [0.717, 1.165) is 38.3 Å². The Morgan fingerprint density at radius 2 is 1.82 bits per heavy atom. The van der Waals surface area contributed by atoms with Crippen molar-refractivity contribution in [1.82, 2.24) is 0 Å². The SMILES string of the molecule is CC(=O)Nc1ccc2c(c1)C(CC(=O)O)=C(C)C2=Cc1ccc([S+](C)[O-])cc1. The molecule has 0 saturated carbocycles. The summed E-state index contributed by atoms with van der Waals surface area (Å²) in [6, 6.07) is 13.0. The lowest BCUT2D eigenvalue weighted by Crippen LogP contribution is -2.06. The maximum atomic E-state index is 11.6. The summed E-state index contributed by atoms with van der Waals surface area (Å²) in [5, 5.41) is 12.1. The van der Waals surface area contributed by atoms with Gasteiger partial charge in [-0.25, -0.2) is 0 Å². The van der Waals surface area contributed by atoms with Gasteiger partial charge >= 0.3 is 5.97 Å². The lowest BCUT2D eigenvalue weighted by Gasteiger charge is -2.08. The number of carboxylic acid groups (broad SMARTS) is 1. The zero-order valence-corrected chi connectivity index (χ0v) is 16.7. The highest BCUT2D eigenvalue weighted by atomic mass is 32.2. The van der Waals surface area contributed by atoms with Crippen molar-refractivity contribution >= 4 is 46.0 Å². The molecule has 0 fully saturated rings. The van der Waals surface area contributed by atoms with Crippen molar-refractivity contribution in [3.05, 3.63) is 64.7 Å². The fourth-order valence-electron chi connectivity index (χ4n) is 3.36. The van der Waals surface area contributed by atoms with Gasteiger partial charge in [0, 0.05) is 12.6 Å². The molecular formula is C22H21NO4S. The van der Waals surface area contributed by atoms with Gasteiger partial charge in [0.25, 0.3) is 0 Å². The van der Waals surface area contributed by atoms with Gasteiger partial charge in [0.15, 0.2) is 4.90 Å². The smallest absolute Gasteiger partial charge is 0.307 e. The van der Waals surface area contributed by atoms with Crippen LogP contribution in [0.25, 0.3) is 17.2 Å². The molecule has 0 saturated heterocycles. The fraction of sp³-hybridized carbons (Fsp3) is 0.182. The Morgan fingerprint density at radius 1 is 1.14 bits per heavy atom. The van der Waals surface area contributed by atoms with Gasteiger partial charge < -0.3 is 15.0 Å². The van der Waals surface area contributed by atoms with Crippen LogP contribution in [-0.4, -0.2) is 27.8 Å². The summed E-state index contributed by atoms with van der Waals surface area (Å²) in [5.74, 6) is -1.08. The molecule has 1 amide bonds. The van der Waals surface area contributed by atoms with Crippen molar-refractivity contribution in [2.45, 2.75) is 25.2 Å². The highest BCUT2D eigenvalue weighted by molar-refractivity contribution is 7.90. The summed E-state index contributed by atoms with van der Waals surface area (Å²) in [4.78, 5) is 23.5. The molecule has 5 nitrogen and oxygen atoms in total. The Labute approximate surface area is 167 Å². The largest absolute Gasteiger partial charge is 0.612 e. The van der Waals surface area contributed by atoms with E-state index < -0.39 is 17.1 Å². The van der Waals surface area contributed by atoms with Gasteiger partial charge in [-0.2, -0.15) is 0 Å². The molecule has 144 valence electrons. The van der Waals surface area contributed by atoms with Crippen LogP contribution in [0.4, 0.5) is 5.69 Å². The number of nitrogens with one attached hydrogen (secondary N) is 1. The van der Waals surface area contributed by atoms with Crippen LogP contribution in [0.3, 0.4) is 0 Å². The highest BCUT2D eigenvalue weighted by Crippen LogP contribution is 2.44. The van der Waals surface area contributed by atoms with Crippen LogP contribution in [0.2, 0.25) is 0 Å². The third-order valence-corrected chi connectivity index (χ3v) is 5.60. The third kappa shape index (κ3) is 4.18. The van der Waals surface area contributed by atoms with E-state index in [2.05, 4.69) is 5.32 Å². The highest BCUT2D eigenvalue weighted by Gasteiger charge is 2.25. The number of rotatable bonds is 5. The topological polar surface area (TPSA) is 89.5 Å². The van der Waals surface area contributed by atoms with E-state index in [1.54, 1.807) is 6.26 Å². The van der Waals surface area contributed by atoms with Gasteiger partial charge in [-0.15, -0.1) is 0 Å². The molecule has 6 heteroatoms. The van der Waals surface area contributed by atoms with E-state index in [1.165, 1.54) is 6.92 Å². The first-order chi connectivity index (χ1) is 13.3. The monoisotopic (exact) mass is 395 g/mol. The van der Waals surface area contributed by atoms with Gasteiger partial charge in [0.05, 0.1) is 6.42 Å². The molecule has 0 radical (unpaired) electrons. The molecule has 28 heavy (non-hydrogen) atoms. The van der Waals surface area contributed by atoms with E-state index >= 15 is 0 Å². The predicted octanol–water partition coefficient (Wildman–Crippen LogP) is 4.18. The quantitative estimate of drug-likeness (QED) is 0.743. The van der Waals surface area contributed by atoms with Crippen LogP contribution in [0, 0.1) is 0 Å². The lowest BCUT2D eigenvalue weighted by molar-refractivity contribution is -0.135. The molecule has 2 N–H and O–H groups in total. The number of hydrogen-bond donors (Lipinski definition) is 2. The zero-order chi connectivity index (χ0) is 20.4. The van der Waals surface area contributed by atoms with Gasteiger partial charge in [-0.3, -0.25) is 9.59 Å². The number of anilines is 1.